The Bertz CT molecular complexity index is 1140. The highest BCUT2D eigenvalue weighted by Crippen LogP contribution is 2.34. The van der Waals surface area contributed by atoms with Crippen molar-refractivity contribution in [1.82, 2.24) is 0 Å². The third-order valence-corrected chi connectivity index (χ3v) is 6.26. The van der Waals surface area contributed by atoms with Gasteiger partial charge >= 0.3 is 5.97 Å². The van der Waals surface area contributed by atoms with E-state index in [4.69, 9.17) is 23.7 Å². The summed E-state index contributed by atoms with van der Waals surface area (Å²) in [5.41, 5.74) is 2.62. The van der Waals surface area contributed by atoms with Crippen LogP contribution in [0, 0.1) is 0 Å². The lowest BCUT2D eigenvalue weighted by Crippen LogP contribution is -2.62. The predicted octanol–water partition coefficient (Wildman–Crippen LogP) is 3.12. The second kappa shape index (κ2) is 11.3. The quantitative estimate of drug-likeness (QED) is 0.485. The monoisotopic (exact) mass is 492 g/mol. The summed E-state index contributed by atoms with van der Waals surface area (Å²) >= 11 is 0. The van der Waals surface area contributed by atoms with Crippen molar-refractivity contribution in [3.05, 3.63) is 107 Å². The van der Waals surface area contributed by atoms with Crippen LogP contribution in [0.5, 0.6) is 0 Å². The Morgan fingerprint density at radius 3 is 2.31 bits per heavy atom. The van der Waals surface area contributed by atoms with Crippen LogP contribution in [0.15, 0.2) is 84.9 Å². The number of aliphatic hydroxyl groups is 2. The van der Waals surface area contributed by atoms with Gasteiger partial charge in [-0.15, -0.1) is 0 Å². The van der Waals surface area contributed by atoms with Crippen LogP contribution in [0.3, 0.4) is 0 Å². The maximum atomic E-state index is 12.7. The highest BCUT2D eigenvalue weighted by molar-refractivity contribution is 5.91. The molecule has 2 aliphatic rings. The third kappa shape index (κ3) is 5.49. The van der Waals surface area contributed by atoms with Crippen molar-refractivity contribution in [3.8, 4) is 0 Å². The number of aliphatic hydroxyl groups excluding tert-OH is 2. The molecule has 0 saturated carbocycles. The number of ether oxygens (including phenoxy) is 5. The Morgan fingerprint density at radius 2 is 1.53 bits per heavy atom. The first-order valence-electron chi connectivity index (χ1n) is 11.8. The van der Waals surface area contributed by atoms with E-state index >= 15 is 0 Å². The smallest absolute Gasteiger partial charge is 0.338 e. The van der Waals surface area contributed by atoms with Crippen LogP contribution in [0.25, 0.3) is 0 Å². The Balaban J connectivity index is 1.20. The van der Waals surface area contributed by atoms with Gasteiger partial charge in [0, 0.05) is 5.56 Å². The Kier molecular flexibility index (Phi) is 7.72. The summed E-state index contributed by atoms with van der Waals surface area (Å²) in [6.07, 6.45) is -5.79. The van der Waals surface area contributed by atoms with Crippen molar-refractivity contribution >= 4 is 5.97 Å². The van der Waals surface area contributed by atoms with Crippen molar-refractivity contribution in [2.24, 2.45) is 0 Å². The minimum Gasteiger partial charge on any atom is -0.457 e. The molecular formula is C28H28O8. The van der Waals surface area contributed by atoms with Gasteiger partial charge in [0.15, 0.2) is 12.6 Å². The van der Waals surface area contributed by atoms with Crippen LogP contribution in [-0.4, -0.2) is 53.5 Å². The average Bonchev–Trinajstić information content (AvgIpc) is 2.94. The molecule has 2 heterocycles. The first-order chi connectivity index (χ1) is 17.6. The van der Waals surface area contributed by atoms with Crippen molar-refractivity contribution in [2.45, 2.75) is 50.2 Å². The first kappa shape index (κ1) is 24.6. The molecular weight excluding hydrogens is 464 g/mol. The van der Waals surface area contributed by atoms with Gasteiger partial charge in [0.1, 0.15) is 31.0 Å². The zero-order chi connectivity index (χ0) is 24.9. The standard InChI is InChI=1S/C28H28O8/c29-23-24(30)28(35-22-17-34-27(36-25(22)23)19-11-5-2-6-12-19)33-16-20-13-7-8-14-21(20)26(31)32-15-18-9-3-1-4-10-18/h1-14,22-25,27-30H,15-17H2/t22-,23-,24+,25-,27-,28+/m1/s1. The molecule has 8 nitrogen and oxygen atoms in total. The predicted molar refractivity (Wildman–Crippen MR) is 127 cm³/mol. The maximum absolute atomic E-state index is 12.7. The zero-order valence-corrected chi connectivity index (χ0v) is 19.5. The SMILES string of the molecule is O=C(OCc1ccccc1)c1ccccc1CO[C@H]1O[C@@H]2CO[C@@H](c3ccccc3)O[C@H]2[C@H](O)[C@@H]1O. The number of benzene rings is 3. The number of rotatable bonds is 7. The summed E-state index contributed by atoms with van der Waals surface area (Å²) in [6, 6.07) is 25.7. The molecule has 0 spiro atoms. The fourth-order valence-electron chi connectivity index (χ4n) is 4.31. The molecule has 0 radical (unpaired) electrons. The van der Waals surface area contributed by atoms with Gasteiger partial charge in [-0.25, -0.2) is 4.79 Å². The second-order valence-corrected chi connectivity index (χ2v) is 8.73. The molecule has 0 unspecified atom stereocenters. The Labute approximate surface area is 209 Å². The second-order valence-electron chi connectivity index (χ2n) is 8.73. The molecule has 36 heavy (non-hydrogen) atoms. The molecule has 0 aromatic heterocycles. The van der Waals surface area contributed by atoms with E-state index in [1.165, 1.54) is 0 Å². The summed E-state index contributed by atoms with van der Waals surface area (Å²) in [5, 5.41) is 21.4. The van der Waals surface area contributed by atoms with Crippen LogP contribution in [0.4, 0.5) is 0 Å². The van der Waals surface area contributed by atoms with E-state index < -0.39 is 43.0 Å². The summed E-state index contributed by atoms with van der Waals surface area (Å²) in [7, 11) is 0. The molecule has 2 N–H and O–H groups in total. The van der Waals surface area contributed by atoms with Gasteiger partial charge in [-0.1, -0.05) is 78.9 Å². The van der Waals surface area contributed by atoms with E-state index in [0.29, 0.717) is 11.1 Å². The van der Waals surface area contributed by atoms with Gasteiger partial charge in [-0.3, -0.25) is 0 Å². The van der Waals surface area contributed by atoms with E-state index in [1.807, 2.05) is 60.7 Å². The molecule has 2 saturated heterocycles. The van der Waals surface area contributed by atoms with Crippen LogP contribution in [-0.2, 0) is 36.9 Å². The van der Waals surface area contributed by atoms with Crippen molar-refractivity contribution in [3.63, 3.8) is 0 Å². The van der Waals surface area contributed by atoms with Crippen LogP contribution in [0.1, 0.15) is 33.3 Å². The summed E-state index contributed by atoms with van der Waals surface area (Å²) in [4.78, 5) is 12.7. The van der Waals surface area contributed by atoms with Crippen LogP contribution >= 0.6 is 0 Å². The molecule has 0 amide bonds. The summed E-state index contributed by atoms with van der Waals surface area (Å²) in [5.74, 6) is -0.482. The molecule has 3 aromatic rings. The van der Waals surface area contributed by atoms with Crippen molar-refractivity contribution < 1.29 is 38.7 Å². The summed E-state index contributed by atoms with van der Waals surface area (Å²) < 4.78 is 28.9. The molecule has 6 atom stereocenters. The normalized spacial score (nSPS) is 27.7. The first-order valence-corrected chi connectivity index (χ1v) is 11.8. The van der Waals surface area contributed by atoms with Gasteiger partial charge in [-0.05, 0) is 17.2 Å². The van der Waals surface area contributed by atoms with E-state index in [-0.39, 0.29) is 19.8 Å². The number of hydrogen-bond donors (Lipinski definition) is 2. The number of esters is 1. The van der Waals surface area contributed by atoms with Gasteiger partial charge in [-0.2, -0.15) is 0 Å². The fraction of sp³-hybridized carbons (Fsp3) is 0.321. The molecule has 5 rings (SSSR count). The van der Waals surface area contributed by atoms with Crippen molar-refractivity contribution in [1.29, 1.82) is 0 Å². The van der Waals surface area contributed by atoms with Gasteiger partial charge in [0.2, 0.25) is 0 Å². The number of carbonyl (C=O) groups excluding carboxylic acids is 1. The topological polar surface area (TPSA) is 104 Å². The molecule has 0 bridgehead atoms. The highest BCUT2D eigenvalue weighted by atomic mass is 16.8. The molecule has 0 aliphatic carbocycles. The average molecular weight is 493 g/mol. The van der Waals surface area contributed by atoms with Crippen LogP contribution in [0.2, 0.25) is 0 Å². The minimum atomic E-state index is -1.35. The minimum absolute atomic E-state index is 0.0310. The highest BCUT2D eigenvalue weighted by Gasteiger charge is 2.49. The number of hydrogen-bond acceptors (Lipinski definition) is 8. The molecule has 2 aliphatic heterocycles. The van der Waals surface area contributed by atoms with Gasteiger partial charge in [0.05, 0.1) is 18.8 Å². The largest absolute Gasteiger partial charge is 0.457 e. The molecule has 2 fully saturated rings. The van der Waals surface area contributed by atoms with E-state index in [0.717, 1.165) is 11.1 Å². The lowest BCUT2D eigenvalue weighted by molar-refractivity contribution is -0.362. The van der Waals surface area contributed by atoms with E-state index in [1.54, 1.807) is 24.3 Å². The molecule has 188 valence electrons. The van der Waals surface area contributed by atoms with E-state index in [9.17, 15) is 15.0 Å². The fourth-order valence-corrected chi connectivity index (χ4v) is 4.31. The molecule has 3 aromatic carbocycles. The van der Waals surface area contributed by atoms with E-state index in [2.05, 4.69) is 0 Å². The number of carbonyl (C=O) groups is 1. The van der Waals surface area contributed by atoms with Gasteiger partial charge in [0.25, 0.3) is 0 Å². The van der Waals surface area contributed by atoms with Crippen molar-refractivity contribution in [2.75, 3.05) is 6.61 Å². The lowest BCUT2D eigenvalue weighted by atomic mass is 9.98. The van der Waals surface area contributed by atoms with Crippen LogP contribution < -0.4 is 0 Å². The maximum Gasteiger partial charge on any atom is 0.338 e. The summed E-state index contributed by atoms with van der Waals surface area (Å²) in [6.45, 7) is 0.283. The third-order valence-electron chi connectivity index (χ3n) is 6.26. The Morgan fingerprint density at radius 1 is 0.833 bits per heavy atom. The zero-order valence-electron chi connectivity index (χ0n) is 19.5. The van der Waals surface area contributed by atoms with Gasteiger partial charge < -0.3 is 33.9 Å². The Hall–Kier alpha value is -3.11. The lowest BCUT2D eigenvalue weighted by Gasteiger charge is -2.46. The molecule has 8 heteroatoms. The number of fused-ring (bicyclic) bond motifs is 1.